The molecule has 1 heterocycles. The van der Waals surface area contributed by atoms with Gasteiger partial charge in [-0.3, -0.25) is 14.4 Å². The Balaban J connectivity index is 1.68. The van der Waals surface area contributed by atoms with E-state index in [1.54, 1.807) is 18.2 Å². The maximum absolute atomic E-state index is 12.8. The summed E-state index contributed by atoms with van der Waals surface area (Å²) < 4.78 is 5.05. The van der Waals surface area contributed by atoms with E-state index in [0.717, 1.165) is 12.0 Å². The molecule has 2 bridgehead atoms. The van der Waals surface area contributed by atoms with E-state index in [1.807, 2.05) is 6.92 Å². The van der Waals surface area contributed by atoms with Crippen molar-refractivity contribution in [3.05, 3.63) is 35.9 Å². The van der Waals surface area contributed by atoms with Crippen molar-refractivity contribution in [1.82, 2.24) is 0 Å². The number of esters is 1. The summed E-state index contributed by atoms with van der Waals surface area (Å²) in [4.78, 5) is 37.9. The van der Waals surface area contributed by atoms with Gasteiger partial charge in [-0.2, -0.15) is 0 Å². The van der Waals surface area contributed by atoms with Crippen LogP contribution >= 0.6 is 0 Å². The molecule has 5 nitrogen and oxygen atoms in total. The van der Waals surface area contributed by atoms with E-state index in [2.05, 4.69) is 12.2 Å². The van der Waals surface area contributed by atoms with Crippen molar-refractivity contribution in [2.24, 2.45) is 23.7 Å². The Bertz CT molecular complexity index is 736. The number of hydrogen-bond donors (Lipinski definition) is 0. The van der Waals surface area contributed by atoms with Crippen LogP contribution in [-0.2, 0) is 14.4 Å². The Hall–Kier alpha value is -2.43. The molecule has 0 unspecified atom stereocenters. The Kier molecular flexibility index (Phi) is 2.95. The number of amides is 2. The number of benzene rings is 1. The smallest absolute Gasteiger partial charge is 0.308 e. The number of imide groups is 1. The van der Waals surface area contributed by atoms with E-state index in [0.29, 0.717) is 11.4 Å². The molecule has 0 radical (unpaired) electrons. The molecule has 23 heavy (non-hydrogen) atoms. The fourth-order valence-corrected chi connectivity index (χ4v) is 4.25. The highest BCUT2D eigenvalue weighted by atomic mass is 16.5. The van der Waals surface area contributed by atoms with Crippen molar-refractivity contribution in [3.63, 3.8) is 0 Å². The van der Waals surface area contributed by atoms with Crippen LogP contribution in [0.5, 0.6) is 5.75 Å². The van der Waals surface area contributed by atoms with Crippen molar-refractivity contribution < 1.29 is 19.1 Å². The minimum Gasteiger partial charge on any atom is -0.427 e. The van der Waals surface area contributed by atoms with Crippen LogP contribution in [0.4, 0.5) is 5.69 Å². The third-order valence-electron chi connectivity index (χ3n) is 5.14. The first-order valence-corrected chi connectivity index (χ1v) is 7.82. The zero-order chi connectivity index (χ0) is 16.3. The van der Waals surface area contributed by atoms with Crippen LogP contribution in [0.2, 0.25) is 0 Å². The molecule has 0 spiro atoms. The average Bonchev–Trinajstić information content (AvgIpc) is 3.14. The number of carbonyl (C=O) groups is 3. The molecule has 0 N–H and O–H groups in total. The minimum atomic E-state index is -0.400. The number of allylic oxidation sites excluding steroid dienone is 2. The first kappa shape index (κ1) is 14.2. The first-order chi connectivity index (χ1) is 11.0. The van der Waals surface area contributed by atoms with Gasteiger partial charge >= 0.3 is 5.97 Å². The van der Waals surface area contributed by atoms with Gasteiger partial charge in [-0.05, 0) is 48.9 Å². The van der Waals surface area contributed by atoms with Crippen LogP contribution in [-0.4, -0.2) is 17.8 Å². The van der Waals surface area contributed by atoms with Crippen LogP contribution < -0.4 is 9.64 Å². The molecule has 5 heteroatoms. The van der Waals surface area contributed by atoms with Gasteiger partial charge in [-0.1, -0.05) is 12.2 Å². The summed E-state index contributed by atoms with van der Waals surface area (Å²) in [5.41, 5.74) is 1.33. The van der Waals surface area contributed by atoms with Gasteiger partial charge in [0, 0.05) is 6.92 Å². The Morgan fingerprint density at radius 2 is 1.74 bits per heavy atom. The van der Waals surface area contributed by atoms with E-state index in [9.17, 15) is 14.4 Å². The number of fused-ring (bicyclic) bond motifs is 5. The SMILES string of the molecule is CC(=O)Oc1ccc(N2C(=O)[C@@H]3[C@H](C2=O)[C@H]2C=C[C@H]3C2)c(C)c1. The van der Waals surface area contributed by atoms with Crippen LogP contribution in [0, 0.1) is 30.6 Å². The third kappa shape index (κ3) is 1.96. The lowest BCUT2D eigenvalue weighted by atomic mass is 9.85. The summed E-state index contributed by atoms with van der Waals surface area (Å²) in [6.45, 7) is 3.14. The van der Waals surface area contributed by atoms with E-state index in [4.69, 9.17) is 4.74 Å². The topological polar surface area (TPSA) is 63.7 Å². The second-order valence-corrected chi connectivity index (χ2v) is 6.55. The van der Waals surface area contributed by atoms with E-state index in [-0.39, 0.29) is 35.5 Å². The third-order valence-corrected chi connectivity index (χ3v) is 5.14. The molecule has 3 aliphatic rings. The molecule has 1 saturated heterocycles. The fourth-order valence-electron chi connectivity index (χ4n) is 4.25. The highest BCUT2D eigenvalue weighted by molar-refractivity contribution is 6.23. The van der Waals surface area contributed by atoms with Gasteiger partial charge in [0.15, 0.2) is 0 Å². The molecule has 2 fully saturated rings. The lowest BCUT2D eigenvalue weighted by molar-refractivity contribution is -0.132. The molecule has 2 amide bonds. The summed E-state index contributed by atoms with van der Waals surface area (Å²) in [6.07, 6.45) is 5.08. The zero-order valence-corrected chi connectivity index (χ0v) is 13.0. The van der Waals surface area contributed by atoms with Crippen molar-refractivity contribution in [3.8, 4) is 5.75 Å². The van der Waals surface area contributed by atoms with E-state index in [1.165, 1.54) is 11.8 Å². The molecule has 1 aromatic rings. The molecule has 0 aromatic heterocycles. The van der Waals surface area contributed by atoms with Crippen molar-refractivity contribution in [1.29, 1.82) is 0 Å². The number of carbonyl (C=O) groups excluding carboxylic acids is 3. The fraction of sp³-hybridized carbons (Fsp3) is 0.389. The van der Waals surface area contributed by atoms with Crippen LogP contribution in [0.15, 0.2) is 30.4 Å². The Morgan fingerprint density at radius 1 is 1.13 bits per heavy atom. The molecule has 2 aliphatic carbocycles. The highest BCUT2D eigenvalue weighted by Crippen LogP contribution is 2.53. The van der Waals surface area contributed by atoms with Gasteiger partial charge in [-0.15, -0.1) is 0 Å². The summed E-state index contributed by atoms with van der Waals surface area (Å²) in [5.74, 6) is -0.183. The van der Waals surface area contributed by atoms with Crippen molar-refractivity contribution >= 4 is 23.5 Å². The van der Waals surface area contributed by atoms with Gasteiger partial charge in [0.1, 0.15) is 5.75 Å². The molecule has 4 atom stereocenters. The van der Waals surface area contributed by atoms with Gasteiger partial charge in [0.2, 0.25) is 11.8 Å². The lowest BCUT2D eigenvalue weighted by Gasteiger charge is -2.19. The van der Waals surface area contributed by atoms with Gasteiger partial charge < -0.3 is 4.74 Å². The Labute approximate surface area is 133 Å². The monoisotopic (exact) mass is 311 g/mol. The first-order valence-electron chi connectivity index (χ1n) is 7.82. The predicted molar refractivity (Wildman–Crippen MR) is 82.7 cm³/mol. The summed E-state index contributed by atoms with van der Waals surface area (Å²) >= 11 is 0. The second-order valence-electron chi connectivity index (χ2n) is 6.55. The van der Waals surface area contributed by atoms with Crippen LogP contribution in [0.3, 0.4) is 0 Å². The van der Waals surface area contributed by atoms with Crippen molar-refractivity contribution in [2.75, 3.05) is 4.90 Å². The number of ether oxygens (including phenoxy) is 1. The average molecular weight is 311 g/mol. The van der Waals surface area contributed by atoms with E-state index >= 15 is 0 Å². The van der Waals surface area contributed by atoms with Crippen LogP contribution in [0.1, 0.15) is 18.9 Å². The Morgan fingerprint density at radius 3 is 2.26 bits per heavy atom. The standard InChI is InChI=1S/C18H17NO4/c1-9-7-13(23-10(2)20)5-6-14(9)19-17(21)15-11-3-4-12(8-11)16(15)18(19)22/h3-7,11-12,15-16H,8H2,1-2H3/t11-,12-,15-,16+/m0/s1. The highest BCUT2D eigenvalue weighted by Gasteiger charge is 2.59. The second kappa shape index (κ2) is 4.78. The molecular formula is C18H17NO4. The van der Waals surface area contributed by atoms with Gasteiger partial charge in [0.25, 0.3) is 0 Å². The molecule has 4 rings (SSSR count). The largest absolute Gasteiger partial charge is 0.427 e. The van der Waals surface area contributed by atoms with Crippen molar-refractivity contribution in [2.45, 2.75) is 20.3 Å². The lowest BCUT2D eigenvalue weighted by Crippen LogP contribution is -2.33. The normalized spacial score (nSPS) is 31.0. The molecule has 1 aliphatic heterocycles. The zero-order valence-electron chi connectivity index (χ0n) is 13.0. The molecule has 1 saturated carbocycles. The number of anilines is 1. The van der Waals surface area contributed by atoms with Gasteiger partial charge in [-0.25, -0.2) is 4.90 Å². The quantitative estimate of drug-likeness (QED) is 0.364. The molecular weight excluding hydrogens is 294 g/mol. The number of hydrogen-bond acceptors (Lipinski definition) is 4. The summed E-state index contributed by atoms with van der Waals surface area (Å²) in [5, 5.41) is 0. The summed E-state index contributed by atoms with van der Waals surface area (Å²) in [6, 6.07) is 4.98. The molecule has 118 valence electrons. The molecule has 1 aromatic carbocycles. The van der Waals surface area contributed by atoms with Gasteiger partial charge in [0.05, 0.1) is 17.5 Å². The van der Waals surface area contributed by atoms with Crippen LogP contribution in [0.25, 0.3) is 0 Å². The number of nitrogens with zero attached hydrogens (tertiary/aromatic N) is 1. The summed E-state index contributed by atoms with van der Waals surface area (Å²) in [7, 11) is 0. The minimum absolute atomic E-state index is 0.0970. The maximum Gasteiger partial charge on any atom is 0.308 e. The number of rotatable bonds is 2. The van der Waals surface area contributed by atoms with E-state index < -0.39 is 5.97 Å². The maximum atomic E-state index is 12.8. The predicted octanol–water partition coefficient (Wildman–Crippen LogP) is 2.23. The number of aryl methyl sites for hydroxylation is 1.